The van der Waals surface area contributed by atoms with Gasteiger partial charge in [0.25, 0.3) is 5.56 Å². The second-order valence-corrected chi connectivity index (χ2v) is 8.86. The van der Waals surface area contributed by atoms with E-state index in [2.05, 4.69) is 15.3 Å². The van der Waals surface area contributed by atoms with E-state index in [1.165, 1.54) is 18.0 Å². The van der Waals surface area contributed by atoms with Crippen molar-refractivity contribution >= 4 is 28.9 Å². The molecule has 7 nitrogen and oxygen atoms in total. The van der Waals surface area contributed by atoms with E-state index in [-0.39, 0.29) is 17.6 Å². The van der Waals surface area contributed by atoms with Crippen LogP contribution < -0.4 is 10.9 Å². The van der Waals surface area contributed by atoms with Crippen LogP contribution in [0.4, 0.5) is 10.3 Å². The fraction of sp³-hybridized carbons (Fsp3) is 0.632. The fourth-order valence-electron chi connectivity index (χ4n) is 4.33. The molecule has 1 aliphatic carbocycles. The summed E-state index contributed by atoms with van der Waals surface area (Å²) >= 11 is 1.23. The SMILES string of the molecule is CC1(O)CCCC1n1c(=O)ccc2cnc(NC3CCN(SCF)CC3)nc21. The van der Waals surface area contributed by atoms with Crippen molar-refractivity contribution in [3.05, 3.63) is 28.7 Å². The van der Waals surface area contributed by atoms with Crippen LogP contribution in [0, 0.1) is 0 Å². The van der Waals surface area contributed by atoms with Crippen molar-refractivity contribution in [3.8, 4) is 0 Å². The molecule has 0 spiro atoms. The Hall–Kier alpha value is -1.71. The van der Waals surface area contributed by atoms with E-state index in [4.69, 9.17) is 0 Å². The third-order valence-electron chi connectivity index (χ3n) is 5.88. The van der Waals surface area contributed by atoms with Gasteiger partial charge in [0, 0.05) is 36.8 Å². The van der Waals surface area contributed by atoms with Crippen LogP contribution in [0.3, 0.4) is 0 Å². The average molecular weight is 408 g/mol. The van der Waals surface area contributed by atoms with Gasteiger partial charge in [0.15, 0.2) is 0 Å². The summed E-state index contributed by atoms with van der Waals surface area (Å²) in [5.74, 6) is 0.487. The summed E-state index contributed by atoms with van der Waals surface area (Å²) in [6, 6.07) is 2.79. The highest BCUT2D eigenvalue weighted by Crippen LogP contribution is 2.39. The first-order valence-corrected chi connectivity index (χ1v) is 10.7. The Balaban J connectivity index is 1.60. The molecule has 2 atom stereocenters. The highest BCUT2D eigenvalue weighted by atomic mass is 32.2. The number of fused-ring (bicyclic) bond motifs is 1. The minimum absolute atomic E-state index is 0.152. The molecule has 0 amide bonds. The van der Waals surface area contributed by atoms with Gasteiger partial charge in [-0.2, -0.15) is 4.98 Å². The average Bonchev–Trinajstić information content (AvgIpc) is 3.02. The van der Waals surface area contributed by atoms with Crippen LogP contribution in [-0.2, 0) is 0 Å². The summed E-state index contributed by atoms with van der Waals surface area (Å²) in [6.45, 7) is 3.42. The van der Waals surface area contributed by atoms with Crippen LogP contribution in [0.2, 0.25) is 0 Å². The molecule has 0 bridgehead atoms. The quantitative estimate of drug-likeness (QED) is 0.738. The Morgan fingerprint density at radius 2 is 2.14 bits per heavy atom. The summed E-state index contributed by atoms with van der Waals surface area (Å²) < 4.78 is 16.1. The molecule has 4 rings (SSSR count). The van der Waals surface area contributed by atoms with Gasteiger partial charge in [-0.05, 0) is 57.0 Å². The molecule has 2 aliphatic rings. The van der Waals surface area contributed by atoms with Gasteiger partial charge in [-0.25, -0.2) is 13.7 Å². The molecule has 0 aromatic carbocycles. The van der Waals surface area contributed by atoms with Gasteiger partial charge >= 0.3 is 0 Å². The number of aliphatic hydroxyl groups is 1. The third kappa shape index (κ3) is 3.88. The molecule has 152 valence electrons. The predicted molar refractivity (Wildman–Crippen MR) is 109 cm³/mol. The largest absolute Gasteiger partial charge is 0.388 e. The molecule has 2 fully saturated rings. The van der Waals surface area contributed by atoms with E-state index < -0.39 is 11.6 Å². The molecule has 2 N–H and O–H groups in total. The van der Waals surface area contributed by atoms with Crippen LogP contribution in [0.5, 0.6) is 0 Å². The maximum Gasteiger partial charge on any atom is 0.252 e. The summed E-state index contributed by atoms with van der Waals surface area (Å²) in [6.07, 6.45) is 5.79. The maximum atomic E-state index is 12.6. The molecule has 1 saturated carbocycles. The Labute approximate surface area is 167 Å². The number of piperidine rings is 1. The number of anilines is 1. The van der Waals surface area contributed by atoms with E-state index in [0.717, 1.165) is 44.2 Å². The van der Waals surface area contributed by atoms with E-state index >= 15 is 0 Å². The van der Waals surface area contributed by atoms with Gasteiger partial charge in [-0.15, -0.1) is 0 Å². The Morgan fingerprint density at radius 3 is 2.82 bits per heavy atom. The molecule has 2 aromatic heterocycles. The molecule has 2 unspecified atom stereocenters. The lowest BCUT2D eigenvalue weighted by atomic mass is 10.00. The maximum absolute atomic E-state index is 12.6. The molecule has 28 heavy (non-hydrogen) atoms. The summed E-state index contributed by atoms with van der Waals surface area (Å²) in [5.41, 5.74) is -0.513. The van der Waals surface area contributed by atoms with Crippen molar-refractivity contribution in [1.82, 2.24) is 18.8 Å². The second kappa shape index (κ2) is 7.96. The van der Waals surface area contributed by atoms with E-state index in [9.17, 15) is 14.3 Å². The number of halogens is 1. The van der Waals surface area contributed by atoms with Gasteiger partial charge in [-0.3, -0.25) is 9.36 Å². The first-order valence-electron chi connectivity index (χ1n) is 9.79. The van der Waals surface area contributed by atoms with Gasteiger partial charge in [0.05, 0.1) is 11.6 Å². The lowest BCUT2D eigenvalue weighted by Crippen LogP contribution is -2.37. The van der Waals surface area contributed by atoms with Gasteiger partial charge in [0.1, 0.15) is 11.7 Å². The first kappa shape index (κ1) is 19.6. The number of nitrogens with one attached hydrogen (secondary N) is 1. The highest BCUT2D eigenvalue weighted by Gasteiger charge is 2.39. The number of rotatable bonds is 5. The molecular formula is C19H26FN5O2S. The summed E-state index contributed by atoms with van der Waals surface area (Å²) in [7, 11) is 0. The normalized spacial score (nSPS) is 26.8. The molecule has 2 aromatic rings. The monoisotopic (exact) mass is 407 g/mol. The van der Waals surface area contributed by atoms with Crippen LogP contribution >= 0.6 is 11.9 Å². The number of hydrogen-bond acceptors (Lipinski definition) is 7. The van der Waals surface area contributed by atoms with Crippen molar-refractivity contribution < 1.29 is 9.50 Å². The Kier molecular flexibility index (Phi) is 5.57. The fourth-order valence-corrected chi connectivity index (χ4v) is 4.94. The molecule has 1 saturated heterocycles. The summed E-state index contributed by atoms with van der Waals surface area (Å²) in [4.78, 5) is 21.7. The topological polar surface area (TPSA) is 83.3 Å². The molecular weight excluding hydrogens is 381 g/mol. The molecule has 9 heteroatoms. The van der Waals surface area contributed by atoms with Crippen molar-refractivity contribution in [1.29, 1.82) is 0 Å². The van der Waals surface area contributed by atoms with Crippen LogP contribution in [0.15, 0.2) is 23.1 Å². The zero-order chi connectivity index (χ0) is 19.7. The molecule has 0 radical (unpaired) electrons. The van der Waals surface area contributed by atoms with Crippen LogP contribution in [0.1, 0.15) is 45.1 Å². The highest BCUT2D eigenvalue weighted by molar-refractivity contribution is 7.96. The predicted octanol–water partition coefficient (Wildman–Crippen LogP) is 2.72. The first-order chi connectivity index (χ1) is 13.5. The van der Waals surface area contributed by atoms with E-state index in [0.29, 0.717) is 18.0 Å². The van der Waals surface area contributed by atoms with Crippen molar-refractivity contribution in [2.24, 2.45) is 0 Å². The van der Waals surface area contributed by atoms with E-state index in [1.807, 2.05) is 4.31 Å². The van der Waals surface area contributed by atoms with Crippen molar-refractivity contribution in [3.63, 3.8) is 0 Å². The zero-order valence-corrected chi connectivity index (χ0v) is 16.8. The third-order valence-corrected chi connectivity index (χ3v) is 6.70. The van der Waals surface area contributed by atoms with Gasteiger partial charge < -0.3 is 10.4 Å². The minimum Gasteiger partial charge on any atom is -0.388 e. The van der Waals surface area contributed by atoms with Crippen LogP contribution in [-0.4, -0.2) is 54.7 Å². The van der Waals surface area contributed by atoms with Crippen molar-refractivity contribution in [2.45, 2.75) is 56.7 Å². The second-order valence-electron chi connectivity index (χ2n) is 7.87. The lowest BCUT2D eigenvalue weighted by Gasteiger charge is -2.31. The minimum atomic E-state index is -0.919. The van der Waals surface area contributed by atoms with Crippen LogP contribution in [0.25, 0.3) is 11.0 Å². The number of pyridine rings is 1. The number of aromatic nitrogens is 3. The zero-order valence-electron chi connectivity index (χ0n) is 16.0. The molecule has 3 heterocycles. The summed E-state index contributed by atoms with van der Waals surface area (Å²) in [5, 5.41) is 14.9. The number of nitrogens with zero attached hydrogens (tertiary/aromatic N) is 4. The smallest absolute Gasteiger partial charge is 0.252 e. The number of alkyl halides is 1. The van der Waals surface area contributed by atoms with Gasteiger partial charge in [-0.1, -0.05) is 0 Å². The Bertz CT molecular complexity index is 898. The standard InChI is InChI=1S/C19H26FN5O2S/c1-19(27)8-2-3-15(19)25-16(26)5-4-13-11-21-18(23-17(13)25)22-14-6-9-24(10-7-14)28-12-20/h4-5,11,14-15,27H,2-3,6-10,12H2,1H3,(H,21,22,23). The lowest BCUT2D eigenvalue weighted by molar-refractivity contribution is 0.0267. The number of hydrogen-bond donors (Lipinski definition) is 2. The Morgan fingerprint density at radius 1 is 1.36 bits per heavy atom. The van der Waals surface area contributed by atoms with E-state index in [1.54, 1.807) is 23.8 Å². The molecule has 1 aliphatic heterocycles. The van der Waals surface area contributed by atoms with Gasteiger partial charge in [0.2, 0.25) is 5.95 Å². The van der Waals surface area contributed by atoms with Crippen molar-refractivity contribution in [2.75, 3.05) is 24.4 Å².